The maximum Gasteiger partial charge on any atom is 0.119 e. The van der Waals surface area contributed by atoms with E-state index in [1.54, 1.807) is 12.7 Å². The third-order valence-electron chi connectivity index (χ3n) is 6.97. The van der Waals surface area contributed by atoms with Gasteiger partial charge in [-0.05, 0) is 80.4 Å². The van der Waals surface area contributed by atoms with Crippen LogP contribution in [0.3, 0.4) is 0 Å². The quantitative estimate of drug-likeness (QED) is 0.279. The van der Waals surface area contributed by atoms with Gasteiger partial charge in [0, 0.05) is 0 Å². The lowest BCUT2D eigenvalue weighted by Gasteiger charge is -2.39. The second-order valence-corrected chi connectivity index (χ2v) is 12.4. The molecule has 5 unspecified atom stereocenters. The van der Waals surface area contributed by atoms with Crippen molar-refractivity contribution >= 4 is 11.8 Å². The summed E-state index contributed by atoms with van der Waals surface area (Å²) in [5, 5.41) is 0.672. The van der Waals surface area contributed by atoms with Gasteiger partial charge in [-0.1, -0.05) is 97.1 Å². The Morgan fingerprint density at radius 3 is 2.43 bits per heavy atom. The zero-order valence-corrected chi connectivity index (χ0v) is 26.1. The van der Waals surface area contributed by atoms with Crippen molar-refractivity contribution in [2.75, 3.05) is 7.11 Å². The van der Waals surface area contributed by atoms with Crippen molar-refractivity contribution in [3.05, 3.63) is 54.1 Å². The molecule has 0 saturated carbocycles. The molecule has 2 aliphatic rings. The van der Waals surface area contributed by atoms with Gasteiger partial charge in [0.25, 0.3) is 0 Å². The van der Waals surface area contributed by atoms with E-state index in [4.69, 9.17) is 4.74 Å². The SMILES string of the molecule is C=CCCC(C1NNC(c2cccc(OC)c2)S1)C1CC(C)=CCC1CCCC(C)C.CCC.CCC. The van der Waals surface area contributed by atoms with Crippen LogP contribution in [0.4, 0.5) is 0 Å². The van der Waals surface area contributed by atoms with Crippen molar-refractivity contribution < 1.29 is 4.74 Å². The topological polar surface area (TPSA) is 33.3 Å². The van der Waals surface area contributed by atoms with Crippen molar-refractivity contribution in [2.24, 2.45) is 23.7 Å². The fourth-order valence-corrected chi connectivity index (χ4v) is 6.63. The Hall–Kier alpha value is -1.23. The molecular formula is C33H58N2OS. The molecule has 5 atom stereocenters. The standard InChI is InChI=1S/C27H42N2OS.2C3H8/c1-6-7-14-24(25-17-20(4)15-16-21(25)11-8-10-19(2)3)27-29-28-26(31-27)22-12-9-13-23(18-22)30-5;2*1-3-2/h6,9,12-13,15,18-19,21,24-29H,1,7-8,10-11,14,16-17H2,2-5H3;2*3H2,1-2H3. The highest BCUT2D eigenvalue weighted by Gasteiger charge is 2.39. The molecule has 0 amide bonds. The van der Waals surface area contributed by atoms with Crippen molar-refractivity contribution in [1.29, 1.82) is 0 Å². The average molecular weight is 531 g/mol. The molecule has 4 heteroatoms. The molecule has 1 aliphatic heterocycles. The number of hydrogen-bond acceptors (Lipinski definition) is 4. The summed E-state index contributed by atoms with van der Waals surface area (Å²) in [6.45, 7) is 19.5. The highest BCUT2D eigenvalue weighted by Crippen LogP contribution is 2.46. The van der Waals surface area contributed by atoms with Gasteiger partial charge in [-0.15, -0.1) is 18.3 Å². The predicted octanol–water partition coefficient (Wildman–Crippen LogP) is 10.1. The average Bonchev–Trinajstić information content (AvgIpc) is 3.36. The molecule has 1 aromatic carbocycles. The molecule has 0 spiro atoms. The molecule has 0 radical (unpaired) electrons. The minimum Gasteiger partial charge on any atom is -0.497 e. The van der Waals surface area contributed by atoms with Crippen LogP contribution in [0.1, 0.15) is 117 Å². The van der Waals surface area contributed by atoms with Gasteiger partial charge in [-0.2, -0.15) is 0 Å². The van der Waals surface area contributed by atoms with E-state index >= 15 is 0 Å². The van der Waals surface area contributed by atoms with Crippen molar-refractivity contribution in [3.63, 3.8) is 0 Å². The van der Waals surface area contributed by atoms with E-state index in [1.807, 2.05) is 17.8 Å². The van der Waals surface area contributed by atoms with E-state index in [0.717, 1.165) is 29.9 Å². The zero-order chi connectivity index (χ0) is 27.6. The molecule has 212 valence electrons. The highest BCUT2D eigenvalue weighted by molar-refractivity contribution is 8.00. The lowest BCUT2D eigenvalue weighted by molar-refractivity contribution is 0.174. The third-order valence-corrected chi connectivity index (χ3v) is 8.39. The number of allylic oxidation sites excluding steroid dienone is 3. The maximum atomic E-state index is 5.44. The molecule has 2 N–H and O–H groups in total. The van der Waals surface area contributed by atoms with Crippen LogP contribution in [-0.4, -0.2) is 12.5 Å². The van der Waals surface area contributed by atoms with Crippen LogP contribution in [0.15, 0.2) is 48.6 Å². The third kappa shape index (κ3) is 12.4. The number of benzene rings is 1. The van der Waals surface area contributed by atoms with E-state index in [1.165, 1.54) is 56.9 Å². The minimum absolute atomic E-state index is 0.256. The molecule has 0 aromatic heterocycles. The second kappa shape index (κ2) is 19.8. The van der Waals surface area contributed by atoms with Crippen molar-refractivity contribution in [3.8, 4) is 5.75 Å². The van der Waals surface area contributed by atoms with Crippen LogP contribution in [0.25, 0.3) is 0 Å². The first-order valence-electron chi connectivity index (χ1n) is 14.9. The van der Waals surface area contributed by atoms with Crippen molar-refractivity contribution in [1.82, 2.24) is 10.9 Å². The molecule has 3 nitrogen and oxygen atoms in total. The summed E-state index contributed by atoms with van der Waals surface area (Å²) in [5.41, 5.74) is 10.1. The van der Waals surface area contributed by atoms with Gasteiger partial charge in [-0.3, -0.25) is 0 Å². The predicted molar refractivity (Wildman–Crippen MR) is 167 cm³/mol. The summed E-state index contributed by atoms with van der Waals surface area (Å²) in [4.78, 5) is 0. The van der Waals surface area contributed by atoms with Crippen LogP contribution >= 0.6 is 11.8 Å². The summed E-state index contributed by atoms with van der Waals surface area (Å²) in [7, 11) is 1.74. The number of rotatable bonds is 11. The Kier molecular flexibility index (Phi) is 18.1. The van der Waals surface area contributed by atoms with Crippen LogP contribution in [0.5, 0.6) is 5.75 Å². The first-order valence-corrected chi connectivity index (χ1v) is 15.9. The lowest BCUT2D eigenvalue weighted by Crippen LogP contribution is -2.41. The van der Waals surface area contributed by atoms with Crippen LogP contribution in [-0.2, 0) is 0 Å². The minimum atomic E-state index is 0.256. The van der Waals surface area contributed by atoms with Crippen molar-refractivity contribution in [2.45, 2.75) is 117 Å². The number of thioether (sulfide) groups is 1. The van der Waals surface area contributed by atoms with Crippen LogP contribution < -0.4 is 15.6 Å². The maximum absolute atomic E-state index is 5.44. The molecule has 1 fully saturated rings. The van der Waals surface area contributed by atoms with Gasteiger partial charge in [0.1, 0.15) is 5.75 Å². The highest BCUT2D eigenvalue weighted by atomic mass is 32.2. The lowest BCUT2D eigenvalue weighted by atomic mass is 9.69. The summed E-state index contributed by atoms with van der Waals surface area (Å²) in [6, 6.07) is 8.44. The molecule has 1 aromatic rings. The van der Waals surface area contributed by atoms with E-state index < -0.39 is 0 Å². The normalized spacial score (nSPS) is 23.8. The Bertz CT molecular complexity index is 760. The fourth-order valence-electron chi connectivity index (χ4n) is 5.22. The molecule has 1 heterocycles. The van der Waals surface area contributed by atoms with Gasteiger partial charge in [-0.25, -0.2) is 10.9 Å². The largest absolute Gasteiger partial charge is 0.497 e. The zero-order valence-electron chi connectivity index (χ0n) is 25.3. The van der Waals surface area contributed by atoms with Gasteiger partial charge in [0.15, 0.2) is 0 Å². The van der Waals surface area contributed by atoms with Gasteiger partial charge in [0.2, 0.25) is 0 Å². The first-order chi connectivity index (χ1) is 17.8. The number of nitrogens with one attached hydrogen (secondary N) is 2. The Labute approximate surface area is 234 Å². The van der Waals surface area contributed by atoms with Gasteiger partial charge < -0.3 is 4.74 Å². The number of hydrogen-bond donors (Lipinski definition) is 2. The molecule has 1 aliphatic carbocycles. The summed E-state index contributed by atoms with van der Waals surface area (Å²) < 4.78 is 5.44. The molecule has 3 rings (SSSR count). The number of ether oxygens (including phenoxy) is 1. The number of hydrazine groups is 1. The fraction of sp³-hybridized carbons (Fsp3) is 0.697. The van der Waals surface area contributed by atoms with Crippen LogP contribution in [0, 0.1) is 23.7 Å². The molecule has 37 heavy (non-hydrogen) atoms. The monoisotopic (exact) mass is 530 g/mol. The Balaban J connectivity index is 0.00000104. The molecular weight excluding hydrogens is 472 g/mol. The van der Waals surface area contributed by atoms with E-state index in [2.05, 4.69) is 96.2 Å². The summed E-state index contributed by atoms with van der Waals surface area (Å²) in [5.74, 6) is 3.91. The summed E-state index contributed by atoms with van der Waals surface area (Å²) in [6.07, 6.45) is 16.0. The van der Waals surface area contributed by atoms with E-state index in [9.17, 15) is 0 Å². The Morgan fingerprint density at radius 1 is 1.11 bits per heavy atom. The van der Waals surface area contributed by atoms with Gasteiger partial charge in [0.05, 0.1) is 17.9 Å². The van der Waals surface area contributed by atoms with E-state index in [-0.39, 0.29) is 5.37 Å². The summed E-state index contributed by atoms with van der Waals surface area (Å²) >= 11 is 2.04. The van der Waals surface area contributed by atoms with Gasteiger partial charge >= 0.3 is 0 Å². The first kappa shape index (κ1) is 33.8. The second-order valence-electron chi connectivity index (χ2n) is 11.2. The smallest absolute Gasteiger partial charge is 0.119 e. The Morgan fingerprint density at radius 2 is 1.81 bits per heavy atom. The molecule has 0 bridgehead atoms. The van der Waals surface area contributed by atoms with Crippen LogP contribution in [0.2, 0.25) is 0 Å². The van der Waals surface area contributed by atoms with E-state index in [0.29, 0.717) is 11.3 Å². The number of methoxy groups -OCH3 is 1. The molecule has 1 saturated heterocycles.